The summed E-state index contributed by atoms with van der Waals surface area (Å²) >= 11 is 0. The van der Waals surface area contributed by atoms with Gasteiger partial charge in [0, 0.05) is 14.0 Å². The summed E-state index contributed by atoms with van der Waals surface area (Å²) in [5, 5.41) is 9.39. The fourth-order valence-corrected chi connectivity index (χ4v) is 2.03. The summed E-state index contributed by atoms with van der Waals surface area (Å²) in [6, 6.07) is 5.77. The van der Waals surface area contributed by atoms with Crippen molar-refractivity contribution >= 4 is 23.0 Å². The molecule has 0 unspecified atom stereocenters. The molecule has 1 fully saturated rings. The molecule has 18 heavy (non-hydrogen) atoms. The molecule has 0 bridgehead atoms. The molecule has 0 radical (unpaired) electrons. The molecule has 1 amide bonds. The van der Waals surface area contributed by atoms with Crippen LogP contribution in [0.25, 0.3) is 0 Å². The van der Waals surface area contributed by atoms with Crippen molar-refractivity contribution in [3.8, 4) is 0 Å². The lowest BCUT2D eigenvalue weighted by Gasteiger charge is -2.40. The third kappa shape index (κ3) is 2.56. The number of carbonyl (C=O) groups is 1. The van der Waals surface area contributed by atoms with Gasteiger partial charge >= 0.3 is 0 Å². The highest BCUT2D eigenvalue weighted by atomic mass is 16.5. The number of amides is 1. The van der Waals surface area contributed by atoms with Gasteiger partial charge in [-0.2, -0.15) is 0 Å². The van der Waals surface area contributed by atoms with Crippen LogP contribution in [-0.2, 0) is 9.53 Å². The summed E-state index contributed by atoms with van der Waals surface area (Å²) in [6.07, 6.45) is 0. The average molecular weight is 249 g/mol. The predicted octanol–water partition coefficient (Wildman–Crippen LogP) is 1.89. The monoisotopic (exact) mass is 249 g/mol. The third-order valence-corrected chi connectivity index (χ3v) is 2.90. The van der Waals surface area contributed by atoms with Crippen molar-refractivity contribution in [2.75, 3.05) is 36.2 Å². The molecule has 1 aromatic rings. The van der Waals surface area contributed by atoms with Crippen LogP contribution in [-0.4, -0.2) is 31.7 Å². The number of anilines is 3. The molecular formula is C13H19N3O2. The minimum atomic E-state index is -0.0816. The highest BCUT2D eigenvalue weighted by molar-refractivity contribution is 5.95. The van der Waals surface area contributed by atoms with Crippen molar-refractivity contribution in [3.63, 3.8) is 0 Å². The van der Waals surface area contributed by atoms with E-state index in [1.54, 1.807) is 0 Å². The van der Waals surface area contributed by atoms with Gasteiger partial charge in [0.25, 0.3) is 0 Å². The Morgan fingerprint density at radius 3 is 2.50 bits per heavy atom. The van der Waals surface area contributed by atoms with Gasteiger partial charge in [0.2, 0.25) is 5.91 Å². The summed E-state index contributed by atoms with van der Waals surface area (Å²) in [5.74, 6) is -0.0816. The average Bonchev–Trinajstić information content (AvgIpc) is 2.26. The van der Waals surface area contributed by atoms with E-state index in [0.29, 0.717) is 13.2 Å². The zero-order valence-corrected chi connectivity index (χ0v) is 11.0. The summed E-state index contributed by atoms with van der Waals surface area (Å²) in [7, 11) is 1.84. The molecule has 1 aliphatic heterocycles. The van der Waals surface area contributed by atoms with Gasteiger partial charge in [-0.25, -0.2) is 0 Å². The van der Waals surface area contributed by atoms with Gasteiger partial charge in [-0.05, 0) is 19.1 Å². The molecule has 0 spiro atoms. The molecule has 3 N–H and O–H groups in total. The van der Waals surface area contributed by atoms with Crippen LogP contribution in [0.3, 0.4) is 0 Å². The Kier molecular flexibility index (Phi) is 3.43. The maximum atomic E-state index is 11.2. The molecule has 1 aliphatic rings. The standard InChI is InChI=1S/C13H19N3O2/c1-9(17)15-10-5-4-6-11(12(10)14-3)16-13(2)7-18-8-13/h4-6,14,16H,7-8H2,1-3H3,(H,15,17). The minimum absolute atomic E-state index is 0.0273. The lowest BCUT2D eigenvalue weighted by molar-refractivity contribution is -0.114. The molecule has 1 saturated heterocycles. The Bertz CT molecular complexity index is 456. The van der Waals surface area contributed by atoms with E-state index in [1.807, 2.05) is 25.2 Å². The van der Waals surface area contributed by atoms with Crippen LogP contribution in [0, 0.1) is 0 Å². The second-order valence-electron chi connectivity index (χ2n) is 4.84. The quantitative estimate of drug-likeness (QED) is 0.762. The van der Waals surface area contributed by atoms with Crippen molar-refractivity contribution in [2.24, 2.45) is 0 Å². The van der Waals surface area contributed by atoms with Crippen LogP contribution in [0.5, 0.6) is 0 Å². The first-order chi connectivity index (χ1) is 8.54. The van der Waals surface area contributed by atoms with Gasteiger partial charge in [0.1, 0.15) is 0 Å². The number of hydrogen-bond donors (Lipinski definition) is 3. The fraction of sp³-hybridized carbons (Fsp3) is 0.462. The number of hydrogen-bond acceptors (Lipinski definition) is 4. The van der Waals surface area contributed by atoms with Gasteiger partial charge in [-0.3, -0.25) is 4.79 Å². The van der Waals surface area contributed by atoms with Crippen molar-refractivity contribution in [3.05, 3.63) is 18.2 Å². The number of para-hydroxylation sites is 1. The topological polar surface area (TPSA) is 62.4 Å². The summed E-state index contributed by atoms with van der Waals surface area (Å²) < 4.78 is 5.23. The Hall–Kier alpha value is -1.75. The van der Waals surface area contributed by atoms with E-state index in [4.69, 9.17) is 4.74 Å². The molecular weight excluding hydrogens is 230 g/mol. The minimum Gasteiger partial charge on any atom is -0.385 e. The Morgan fingerprint density at radius 1 is 1.33 bits per heavy atom. The lowest BCUT2D eigenvalue weighted by Crippen LogP contribution is -2.53. The molecule has 0 saturated carbocycles. The molecule has 5 heteroatoms. The first-order valence-corrected chi connectivity index (χ1v) is 5.98. The van der Waals surface area contributed by atoms with E-state index in [1.165, 1.54) is 6.92 Å². The molecule has 5 nitrogen and oxygen atoms in total. The van der Waals surface area contributed by atoms with Crippen LogP contribution in [0.4, 0.5) is 17.1 Å². The maximum Gasteiger partial charge on any atom is 0.221 e. The number of benzene rings is 1. The second kappa shape index (κ2) is 4.86. The van der Waals surface area contributed by atoms with Gasteiger partial charge < -0.3 is 20.7 Å². The molecule has 2 rings (SSSR count). The normalized spacial score (nSPS) is 16.6. The predicted molar refractivity (Wildman–Crippen MR) is 73.1 cm³/mol. The zero-order chi connectivity index (χ0) is 13.2. The van der Waals surface area contributed by atoms with Gasteiger partial charge in [0.15, 0.2) is 0 Å². The van der Waals surface area contributed by atoms with Crippen molar-refractivity contribution in [1.29, 1.82) is 0 Å². The SMILES string of the molecule is CNc1c(NC(C)=O)cccc1NC1(C)COC1. The first kappa shape index (κ1) is 12.7. The lowest BCUT2D eigenvalue weighted by atomic mass is 10.00. The third-order valence-electron chi connectivity index (χ3n) is 2.90. The van der Waals surface area contributed by atoms with Crippen LogP contribution in [0.2, 0.25) is 0 Å². The summed E-state index contributed by atoms with van der Waals surface area (Å²) in [5.41, 5.74) is 2.61. The number of ether oxygens (including phenoxy) is 1. The fourth-order valence-electron chi connectivity index (χ4n) is 2.03. The Morgan fingerprint density at radius 2 is 2.00 bits per heavy atom. The van der Waals surface area contributed by atoms with Crippen LogP contribution in [0.15, 0.2) is 18.2 Å². The highest BCUT2D eigenvalue weighted by Gasteiger charge is 2.33. The maximum absolute atomic E-state index is 11.2. The van der Waals surface area contributed by atoms with Gasteiger partial charge in [-0.1, -0.05) is 6.07 Å². The van der Waals surface area contributed by atoms with Crippen molar-refractivity contribution in [2.45, 2.75) is 19.4 Å². The number of nitrogens with one attached hydrogen (secondary N) is 3. The first-order valence-electron chi connectivity index (χ1n) is 5.98. The molecule has 98 valence electrons. The van der Waals surface area contributed by atoms with Crippen molar-refractivity contribution < 1.29 is 9.53 Å². The molecule has 0 aromatic heterocycles. The second-order valence-corrected chi connectivity index (χ2v) is 4.84. The highest BCUT2D eigenvalue weighted by Crippen LogP contribution is 2.33. The summed E-state index contributed by atoms with van der Waals surface area (Å²) in [6.45, 7) is 5.00. The van der Waals surface area contributed by atoms with Crippen LogP contribution in [0.1, 0.15) is 13.8 Å². The van der Waals surface area contributed by atoms with Crippen LogP contribution < -0.4 is 16.0 Å². The largest absolute Gasteiger partial charge is 0.385 e. The van der Waals surface area contributed by atoms with E-state index in [-0.39, 0.29) is 11.4 Å². The molecule has 0 atom stereocenters. The van der Waals surface area contributed by atoms with Gasteiger partial charge in [-0.15, -0.1) is 0 Å². The van der Waals surface area contributed by atoms with E-state index >= 15 is 0 Å². The van der Waals surface area contributed by atoms with E-state index in [0.717, 1.165) is 17.1 Å². The molecule has 1 heterocycles. The Labute approximate surface area is 107 Å². The van der Waals surface area contributed by atoms with Crippen LogP contribution >= 0.6 is 0 Å². The van der Waals surface area contributed by atoms with Crippen molar-refractivity contribution in [1.82, 2.24) is 0 Å². The van der Waals surface area contributed by atoms with E-state index < -0.39 is 0 Å². The number of carbonyl (C=O) groups excluding carboxylic acids is 1. The smallest absolute Gasteiger partial charge is 0.221 e. The zero-order valence-electron chi connectivity index (χ0n) is 11.0. The molecule has 0 aliphatic carbocycles. The summed E-state index contributed by atoms with van der Waals surface area (Å²) in [4.78, 5) is 11.2. The number of rotatable bonds is 4. The van der Waals surface area contributed by atoms with E-state index in [2.05, 4.69) is 22.9 Å². The van der Waals surface area contributed by atoms with E-state index in [9.17, 15) is 4.79 Å². The molecule has 1 aromatic carbocycles. The van der Waals surface area contributed by atoms with Gasteiger partial charge in [0.05, 0.1) is 35.8 Å². The Balaban J connectivity index is 2.26.